The largest absolute Gasteiger partial charge is 0.508 e. The molecule has 0 aliphatic heterocycles. The highest BCUT2D eigenvalue weighted by Crippen LogP contribution is 2.25. The third-order valence-corrected chi connectivity index (χ3v) is 2.27. The van der Waals surface area contributed by atoms with Crippen LogP contribution in [0, 0.1) is 0 Å². The maximum absolute atomic E-state index is 9.28. The summed E-state index contributed by atoms with van der Waals surface area (Å²) in [5.74, 6) is 5.51. The SMILES string of the molecule is NN/C=C1/C=Cc2cc(O)ccc2C1. The quantitative estimate of drug-likeness (QED) is 0.460. The summed E-state index contributed by atoms with van der Waals surface area (Å²) in [6, 6.07) is 5.39. The third kappa shape index (κ3) is 1.63. The number of phenolic OH excluding ortho intramolecular Hbond substituents is 1. The van der Waals surface area contributed by atoms with E-state index in [2.05, 4.69) is 5.43 Å². The molecule has 1 aliphatic rings. The minimum Gasteiger partial charge on any atom is -0.508 e. The van der Waals surface area contributed by atoms with Crippen molar-refractivity contribution in [1.29, 1.82) is 0 Å². The third-order valence-electron chi connectivity index (χ3n) is 2.27. The molecule has 0 heterocycles. The number of hydrazine groups is 1. The first-order valence-electron chi connectivity index (χ1n) is 4.45. The minimum absolute atomic E-state index is 0.303. The number of fused-ring (bicyclic) bond motifs is 1. The Morgan fingerprint density at radius 3 is 3.00 bits per heavy atom. The summed E-state index contributed by atoms with van der Waals surface area (Å²) in [7, 11) is 0. The molecule has 0 atom stereocenters. The Hall–Kier alpha value is -1.74. The Bertz CT molecular complexity index is 408. The van der Waals surface area contributed by atoms with Crippen LogP contribution in [-0.2, 0) is 6.42 Å². The molecule has 0 spiro atoms. The van der Waals surface area contributed by atoms with Gasteiger partial charge in [0.25, 0.3) is 0 Å². The zero-order valence-corrected chi connectivity index (χ0v) is 7.70. The highest BCUT2D eigenvalue weighted by atomic mass is 16.3. The number of nitrogens with two attached hydrogens (primary N) is 1. The molecule has 0 amide bonds. The normalized spacial score (nSPS) is 16.8. The average Bonchev–Trinajstić information content (AvgIpc) is 2.19. The van der Waals surface area contributed by atoms with E-state index >= 15 is 0 Å². The number of phenols is 1. The van der Waals surface area contributed by atoms with Crippen LogP contribution >= 0.6 is 0 Å². The lowest BCUT2D eigenvalue weighted by atomic mass is 9.94. The molecule has 0 saturated carbocycles. The molecule has 0 unspecified atom stereocenters. The summed E-state index contributed by atoms with van der Waals surface area (Å²) in [5.41, 5.74) is 5.92. The van der Waals surface area contributed by atoms with Crippen molar-refractivity contribution < 1.29 is 5.11 Å². The summed E-state index contributed by atoms with van der Waals surface area (Å²) >= 11 is 0. The number of hydrogen-bond acceptors (Lipinski definition) is 3. The van der Waals surface area contributed by atoms with Crippen LogP contribution in [0.2, 0.25) is 0 Å². The number of benzene rings is 1. The van der Waals surface area contributed by atoms with Gasteiger partial charge in [-0.3, -0.25) is 5.84 Å². The molecule has 4 N–H and O–H groups in total. The molecule has 0 radical (unpaired) electrons. The fourth-order valence-electron chi connectivity index (χ4n) is 1.58. The van der Waals surface area contributed by atoms with E-state index in [1.807, 2.05) is 18.2 Å². The number of nitrogens with one attached hydrogen (secondary N) is 1. The van der Waals surface area contributed by atoms with Crippen LogP contribution in [0.15, 0.2) is 36.0 Å². The number of allylic oxidation sites excluding steroid dienone is 2. The molecule has 3 nitrogen and oxygen atoms in total. The number of rotatable bonds is 1. The molecular weight excluding hydrogens is 176 g/mol. The van der Waals surface area contributed by atoms with E-state index in [9.17, 15) is 5.11 Å². The summed E-state index contributed by atoms with van der Waals surface area (Å²) in [5, 5.41) is 9.28. The Morgan fingerprint density at radius 1 is 1.36 bits per heavy atom. The van der Waals surface area contributed by atoms with Gasteiger partial charge in [0, 0.05) is 6.20 Å². The summed E-state index contributed by atoms with van der Waals surface area (Å²) in [4.78, 5) is 0. The predicted molar refractivity (Wildman–Crippen MR) is 56.3 cm³/mol. The van der Waals surface area contributed by atoms with Crippen molar-refractivity contribution in [3.05, 3.63) is 47.2 Å². The lowest BCUT2D eigenvalue weighted by molar-refractivity contribution is 0.475. The van der Waals surface area contributed by atoms with Gasteiger partial charge in [-0.2, -0.15) is 0 Å². The van der Waals surface area contributed by atoms with Crippen LogP contribution in [0.4, 0.5) is 0 Å². The highest BCUT2D eigenvalue weighted by molar-refractivity contribution is 5.63. The topological polar surface area (TPSA) is 58.3 Å². The van der Waals surface area contributed by atoms with E-state index in [1.54, 1.807) is 18.3 Å². The number of aromatic hydroxyl groups is 1. The van der Waals surface area contributed by atoms with Crippen molar-refractivity contribution in [2.24, 2.45) is 5.84 Å². The summed E-state index contributed by atoms with van der Waals surface area (Å²) < 4.78 is 0. The van der Waals surface area contributed by atoms with Crippen molar-refractivity contribution in [2.75, 3.05) is 0 Å². The molecule has 72 valence electrons. The van der Waals surface area contributed by atoms with Gasteiger partial charge in [-0.05, 0) is 35.3 Å². The smallest absolute Gasteiger partial charge is 0.116 e. The van der Waals surface area contributed by atoms with Gasteiger partial charge >= 0.3 is 0 Å². The standard InChI is InChI=1S/C11H12N2O/c12-13-7-8-1-2-10-6-11(14)4-3-9(10)5-8/h1-4,6-7,13-14H,5,12H2/b8-7-. The molecule has 2 rings (SSSR count). The van der Waals surface area contributed by atoms with Crippen LogP contribution in [0.25, 0.3) is 6.08 Å². The van der Waals surface area contributed by atoms with E-state index in [0.717, 1.165) is 17.6 Å². The number of hydrogen-bond donors (Lipinski definition) is 3. The molecule has 14 heavy (non-hydrogen) atoms. The molecule has 0 aromatic heterocycles. The molecule has 1 aliphatic carbocycles. The van der Waals surface area contributed by atoms with E-state index in [1.165, 1.54) is 5.56 Å². The summed E-state index contributed by atoms with van der Waals surface area (Å²) in [6.07, 6.45) is 6.58. The molecule has 1 aromatic rings. The lowest BCUT2D eigenvalue weighted by Gasteiger charge is -2.12. The second kappa shape index (κ2) is 3.55. The first kappa shape index (κ1) is 8.84. The second-order valence-electron chi connectivity index (χ2n) is 3.28. The zero-order valence-electron chi connectivity index (χ0n) is 7.70. The van der Waals surface area contributed by atoms with Crippen molar-refractivity contribution in [3.63, 3.8) is 0 Å². The Kier molecular flexibility index (Phi) is 2.24. The molecule has 3 heteroatoms. The van der Waals surface area contributed by atoms with Gasteiger partial charge < -0.3 is 10.5 Å². The van der Waals surface area contributed by atoms with Crippen molar-refractivity contribution in [1.82, 2.24) is 5.43 Å². The minimum atomic E-state index is 0.303. The van der Waals surface area contributed by atoms with Crippen molar-refractivity contribution in [2.45, 2.75) is 6.42 Å². The first-order chi connectivity index (χ1) is 6.79. The van der Waals surface area contributed by atoms with Crippen molar-refractivity contribution >= 4 is 6.08 Å². The van der Waals surface area contributed by atoms with E-state index in [4.69, 9.17) is 5.84 Å². The van der Waals surface area contributed by atoms with E-state index < -0.39 is 0 Å². The second-order valence-corrected chi connectivity index (χ2v) is 3.28. The highest BCUT2D eigenvalue weighted by Gasteiger charge is 2.07. The summed E-state index contributed by atoms with van der Waals surface area (Å²) in [6.45, 7) is 0. The maximum Gasteiger partial charge on any atom is 0.116 e. The fourth-order valence-corrected chi connectivity index (χ4v) is 1.58. The van der Waals surface area contributed by atoms with Crippen LogP contribution in [-0.4, -0.2) is 5.11 Å². The van der Waals surface area contributed by atoms with Gasteiger partial charge in [-0.1, -0.05) is 18.2 Å². The van der Waals surface area contributed by atoms with Crippen LogP contribution in [0.1, 0.15) is 11.1 Å². The monoisotopic (exact) mass is 188 g/mol. The predicted octanol–water partition coefficient (Wildman–Crippen LogP) is 1.31. The van der Waals surface area contributed by atoms with Gasteiger partial charge in [0.2, 0.25) is 0 Å². The molecule has 0 bridgehead atoms. The van der Waals surface area contributed by atoms with Crippen molar-refractivity contribution in [3.8, 4) is 5.75 Å². The molecular formula is C11H12N2O. The maximum atomic E-state index is 9.28. The van der Waals surface area contributed by atoms with Crippen LogP contribution in [0.3, 0.4) is 0 Å². The van der Waals surface area contributed by atoms with E-state index in [-0.39, 0.29) is 0 Å². The molecule has 0 fully saturated rings. The first-order valence-corrected chi connectivity index (χ1v) is 4.45. The Labute approximate surface area is 82.5 Å². The van der Waals surface area contributed by atoms with Gasteiger partial charge in [0.15, 0.2) is 0 Å². The Balaban J connectivity index is 2.36. The fraction of sp³-hybridized carbons (Fsp3) is 0.0909. The zero-order chi connectivity index (χ0) is 9.97. The van der Waals surface area contributed by atoms with Gasteiger partial charge in [-0.15, -0.1) is 0 Å². The van der Waals surface area contributed by atoms with E-state index in [0.29, 0.717) is 5.75 Å². The molecule has 0 saturated heterocycles. The van der Waals surface area contributed by atoms with Gasteiger partial charge in [0.1, 0.15) is 5.75 Å². The van der Waals surface area contributed by atoms with Gasteiger partial charge in [0.05, 0.1) is 0 Å². The lowest BCUT2D eigenvalue weighted by Crippen LogP contribution is -2.15. The Morgan fingerprint density at radius 2 is 2.21 bits per heavy atom. The van der Waals surface area contributed by atoms with Crippen LogP contribution < -0.4 is 11.3 Å². The van der Waals surface area contributed by atoms with Gasteiger partial charge in [-0.25, -0.2) is 0 Å². The average molecular weight is 188 g/mol. The molecule has 1 aromatic carbocycles. The van der Waals surface area contributed by atoms with Crippen LogP contribution in [0.5, 0.6) is 5.75 Å².